The van der Waals surface area contributed by atoms with E-state index >= 15 is 0 Å². The number of ether oxygens (including phenoxy) is 1. The van der Waals surface area contributed by atoms with Crippen LogP contribution in [0.1, 0.15) is 70.9 Å². The number of carbonyl (C=O) groups is 1. The lowest BCUT2D eigenvalue weighted by atomic mass is 10.1. The van der Waals surface area contributed by atoms with Crippen molar-refractivity contribution in [2.45, 2.75) is 61.8 Å². The van der Waals surface area contributed by atoms with Gasteiger partial charge in [0.1, 0.15) is 17.2 Å². The number of methoxy groups -OCH3 is 1. The highest BCUT2D eigenvalue weighted by Crippen LogP contribution is 2.27. The van der Waals surface area contributed by atoms with Crippen LogP contribution >= 0.6 is 0 Å². The second-order valence-electron chi connectivity index (χ2n) is 7.82. The summed E-state index contributed by atoms with van der Waals surface area (Å²) in [6, 6.07) is 9.58. The number of hydrogen-bond donors (Lipinski definition) is 1. The minimum absolute atomic E-state index is 0.0120. The zero-order valence-corrected chi connectivity index (χ0v) is 22.5. The fraction of sp³-hybridized carbons (Fsp3) is 0.345. The number of aryl methyl sites for hydroxylation is 1. The maximum atomic E-state index is 11.9. The van der Waals surface area contributed by atoms with Crippen LogP contribution in [0.25, 0.3) is 16.9 Å². The average molecular weight is 478 g/mol. The number of benzene rings is 1. The molecule has 0 bridgehead atoms. The Morgan fingerprint density at radius 2 is 1.80 bits per heavy atom. The molecule has 6 nitrogen and oxygen atoms in total. The van der Waals surface area contributed by atoms with Gasteiger partial charge in [0, 0.05) is 24.2 Å². The summed E-state index contributed by atoms with van der Waals surface area (Å²) in [6.07, 6.45) is 7.41. The van der Waals surface area contributed by atoms with Crippen LogP contribution in [0.2, 0.25) is 0 Å². The van der Waals surface area contributed by atoms with Gasteiger partial charge in [0.2, 0.25) is 0 Å². The van der Waals surface area contributed by atoms with E-state index in [1.54, 1.807) is 43.0 Å². The van der Waals surface area contributed by atoms with E-state index in [1.165, 1.54) is 11.1 Å². The summed E-state index contributed by atoms with van der Waals surface area (Å²) in [5.74, 6) is 1.14. The number of aromatic nitrogens is 3. The van der Waals surface area contributed by atoms with Crippen LogP contribution in [0.4, 0.5) is 0 Å². The lowest BCUT2D eigenvalue weighted by molar-refractivity contribution is 0.0983. The third kappa shape index (κ3) is 8.25. The molecule has 0 saturated heterocycles. The van der Waals surface area contributed by atoms with E-state index in [4.69, 9.17) is 9.84 Å². The first-order valence-electron chi connectivity index (χ1n) is 11.9. The van der Waals surface area contributed by atoms with E-state index in [1.807, 2.05) is 78.8 Å². The van der Waals surface area contributed by atoms with Gasteiger partial charge < -0.3 is 9.84 Å². The normalized spacial score (nSPS) is 10.8. The molecule has 1 N–H and O–H groups in total. The molecule has 0 aliphatic heterocycles. The second-order valence-corrected chi connectivity index (χ2v) is 7.82. The number of nitrogens with zero attached hydrogens (tertiary/aromatic N) is 3. The first-order valence-corrected chi connectivity index (χ1v) is 11.9. The van der Waals surface area contributed by atoms with E-state index in [9.17, 15) is 4.79 Å². The first kappa shape index (κ1) is 29.4. The Bertz CT molecular complexity index is 1210. The zero-order valence-electron chi connectivity index (χ0n) is 22.5. The van der Waals surface area contributed by atoms with Gasteiger partial charge in [0.25, 0.3) is 0 Å². The molecule has 0 fully saturated rings. The van der Waals surface area contributed by atoms with E-state index in [-0.39, 0.29) is 5.78 Å². The Hall–Kier alpha value is -3.67. The molecule has 2 heterocycles. The molecular formula is C29H39N3O3. The molecule has 0 aliphatic rings. The molecule has 35 heavy (non-hydrogen) atoms. The van der Waals surface area contributed by atoms with Crippen LogP contribution in [0.15, 0.2) is 71.7 Å². The molecular weight excluding hydrogens is 438 g/mol. The van der Waals surface area contributed by atoms with Crippen molar-refractivity contribution >= 4 is 11.4 Å². The molecule has 0 aliphatic carbocycles. The minimum atomic E-state index is 0.0120. The molecule has 3 aromatic rings. The molecule has 188 valence electrons. The molecule has 1 aromatic carbocycles. The Morgan fingerprint density at radius 1 is 1.11 bits per heavy atom. The Balaban J connectivity index is 0.000000401. The largest absolute Gasteiger partial charge is 0.508 e. The number of rotatable bonds is 6. The summed E-state index contributed by atoms with van der Waals surface area (Å²) in [7, 11) is 1.65. The number of carbonyl (C=O) groups excluding carboxylic acids is 1. The molecule has 0 saturated carbocycles. The predicted octanol–water partition coefficient (Wildman–Crippen LogP) is 7.69. The van der Waals surface area contributed by atoms with Crippen molar-refractivity contribution in [1.29, 1.82) is 0 Å². The highest BCUT2D eigenvalue weighted by atomic mass is 16.5. The number of aliphatic hydroxyl groups excluding tert-OH is 1. The third-order valence-electron chi connectivity index (χ3n) is 5.26. The number of aliphatic hydroxyl groups is 1. The van der Waals surface area contributed by atoms with Gasteiger partial charge in [-0.25, -0.2) is 9.50 Å². The van der Waals surface area contributed by atoms with Gasteiger partial charge in [-0.1, -0.05) is 50.1 Å². The lowest BCUT2D eigenvalue weighted by Gasteiger charge is -2.09. The quantitative estimate of drug-likeness (QED) is 0.224. The van der Waals surface area contributed by atoms with Crippen LogP contribution in [-0.4, -0.2) is 32.6 Å². The Labute approximate surface area is 209 Å². The predicted molar refractivity (Wildman–Crippen MR) is 145 cm³/mol. The fourth-order valence-corrected chi connectivity index (χ4v) is 2.88. The number of hydrogen-bond acceptors (Lipinski definition) is 5. The van der Waals surface area contributed by atoms with Gasteiger partial charge in [-0.3, -0.25) is 4.79 Å². The van der Waals surface area contributed by atoms with Gasteiger partial charge in [-0.15, -0.1) is 0 Å². The highest BCUT2D eigenvalue weighted by Gasteiger charge is 2.13. The molecule has 3 rings (SSSR count). The Morgan fingerprint density at radius 3 is 2.37 bits per heavy atom. The lowest BCUT2D eigenvalue weighted by Crippen LogP contribution is -2.00. The topological polar surface area (TPSA) is 76.7 Å². The zero-order chi connectivity index (χ0) is 26.5. The van der Waals surface area contributed by atoms with Gasteiger partial charge in [0.15, 0.2) is 11.4 Å². The number of ketones is 1. The summed E-state index contributed by atoms with van der Waals surface area (Å²) in [6.45, 7) is 15.7. The third-order valence-corrected chi connectivity index (χ3v) is 5.26. The van der Waals surface area contributed by atoms with Crippen molar-refractivity contribution in [2.75, 3.05) is 7.11 Å². The van der Waals surface area contributed by atoms with Crippen molar-refractivity contribution < 1.29 is 14.6 Å². The molecule has 6 heteroatoms. The summed E-state index contributed by atoms with van der Waals surface area (Å²) < 4.78 is 7.08. The van der Waals surface area contributed by atoms with E-state index < -0.39 is 0 Å². The maximum Gasteiger partial charge on any atom is 0.182 e. The van der Waals surface area contributed by atoms with Crippen LogP contribution < -0.4 is 4.74 Å². The van der Waals surface area contributed by atoms with Gasteiger partial charge in [-0.2, -0.15) is 5.10 Å². The number of Topliss-reactive ketones (excluding diaryl/α,β-unsaturated/α-hetero) is 1. The number of allylic oxidation sites excluding steroid dienone is 5. The van der Waals surface area contributed by atoms with Crippen molar-refractivity contribution in [2.24, 2.45) is 0 Å². The van der Waals surface area contributed by atoms with Crippen LogP contribution in [0.5, 0.6) is 5.75 Å². The van der Waals surface area contributed by atoms with E-state index in [2.05, 4.69) is 10.1 Å². The van der Waals surface area contributed by atoms with Crippen LogP contribution in [-0.2, 0) is 0 Å². The molecule has 0 amide bonds. The van der Waals surface area contributed by atoms with Crippen molar-refractivity contribution in [3.63, 3.8) is 0 Å². The van der Waals surface area contributed by atoms with Crippen LogP contribution in [0, 0.1) is 6.92 Å². The molecule has 0 unspecified atom stereocenters. The fourth-order valence-electron chi connectivity index (χ4n) is 2.88. The van der Waals surface area contributed by atoms with Crippen LogP contribution in [0.3, 0.4) is 0 Å². The van der Waals surface area contributed by atoms with Crippen molar-refractivity contribution in [3.8, 4) is 17.0 Å². The monoisotopic (exact) mass is 477 g/mol. The molecule has 0 radical (unpaired) electrons. The SMILES string of the molecule is C/C=C(O)\C=C/C(C)=C(C)C.CC.CCC(=O)c1cc2nccc(-c3ccc(C)c(OC)c3)n2n1. The highest BCUT2D eigenvalue weighted by molar-refractivity contribution is 5.95. The van der Waals surface area contributed by atoms with Crippen molar-refractivity contribution in [3.05, 3.63) is 82.9 Å². The summed E-state index contributed by atoms with van der Waals surface area (Å²) in [5, 5.41) is 13.4. The van der Waals surface area contributed by atoms with Gasteiger partial charge >= 0.3 is 0 Å². The standard InChI is InChI=1S/C17H17N3O2.C10H16O.C2H6/c1-4-15(21)13-10-17-18-8-7-14(20(17)19-13)12-6-5-11(2)16(9-12)22-3;1-5-10(11)7-6-9(4)8(2)3;1-2/h5-10H,4H2,1-3H3;5-7,11H,1-4H3;1-2H3/b;7-6-,10-5+;. The average Bonchev–Trinajstić information content (AvgIpc) is 3.33. The summed E-state index contributed by atoms with van der Waals surface area (Å²) in [5.41, 5.74) is 6.48. The van der Waals surface area contributed by atoms with Crippen molar-refractivity contribution in [1.82, 2.24) is 14.6 Å². The summed E-state index contributed by atoms with van der Waals surface area (Å²) >= 11 is 0. The van der Waals surface area contributed by atoms with E-state index in [0.29, 0.717) is 23.5 Å². The second kappa shape index (κ2) is 14.6. The summed E-state index contributed by atoms with van der Waals surface area (Å²) in [4.78, 5) is 16.1. The molecule has 0 atom stereocenters. The Kier molecular flexibility index (Phi) is 12.2. The minimum Gasteiger partial charge on any atom is -0.508 e. The molecule has 2 aromatic heterocycles. The smallest absolute Gasteiger partial charge is 0.182 e. The van der Waals surface area contributed by atoms with E-state index in [0.717, 1.165) is 22.6 Å². The first-order chi connectivity index (χ1) is 16.7. The molecule has 0 spiro atoms. The van der Waals surface area contributed by atoms with Gasteiger partial charge in [0.05, 0.1) is 12.8 Å². The maximum absolute atomic E-state index is 11.9. The van der Waals surface area contributed by atoms with Gasteiger partial charge in [-0.05, 0) is 64.5 Å². The number of fused-ring (bicyclic) bond motifs is 1.